The lowest BCUT2D eigenvalue weighted by atomic mass is 10.0. The zero-order valence-corrected chi connectivity index (χ0v) is 11.2. The second-order valence-electron chi connectivity index (χ2n) is 4.72. The van der Waals surface area contributed by atoms with Gasteiger partial charge in [0.15, 0.2) is 0 Å². The molecule has 6 nitrogen and oxygen atoms in total. The molecular formula is C14H15N3O3. The van der Waals surface area contributed by atoms with Crippen LogP contribution in [-0.4, -0.2) is 15.8 Å². The molecule has 0 fully saturated rings. The van der Waals surface area contributed by atoms with E-state index in [1.165, 1.54) is 12.3 Å². The zero-order valence-electron chi connectivity index (χ0n) is 11.2. The second kappa shape index (κ2) is 5.56. The van der Waals surface area contributed by atoms with Crippen LogP contribution in [0.25, 0.3) is 0 Å². The number of para-hydroxylation sites is 1. The minimum absolute atomic E-state index is 0.132. The van der Waals surface area contributed by atoms with Gasteiger partial charge >= 0.3 is 0 Å². The number of carbonyl (C=O) groups is 1. The van der Waals surface area contributed by atoms with E-state index < -0.39 is 10.8 Å². The highest BCUT2D eigenvalue weighted by Crippen LogP contribution is 2.24. The van der Waals surface area contributed by atoms with Gasteiger partial charge in [-0.3, -0.25) is 14.9 Å². The van der Waals surface area contributed by atoms with E-state index in [0.717, 1.165) is 5.56 Å². The van der Waals surface area contributed by atoms with E-state index in [4.69, 9.17) is 0 Å². The van der Waals surface area contributed by atoms with Crippen LogP contribution in [0.3, 0.4) is 0 Å². The predicted octanol–water partition coefficient (Wildman–Crippen LogP) is 3.30. The molecule has 104 valence electrons. The Hall–Kier alpha value is -2.63. The molecule has 0 spiro atoms. The van der Waals surface area contributed by atoms with Gasteiger partial charge < -0.3 is 10.3 Å². The third-order valence-corrected chi connectivity index (χ3v) is 2.95. The highest BCUT2D eigenvalue weighted by Gasteiger charge is 2.16. The van der Waals surface area contributed by atoms with E-state index in [1.54, 1.807) is 0 Å². The van der Waals surface area contributed by atoms with Gasteiger partial charge in [0.1, 0.15) is 5.69 Å². The molecule has 1 heterocycles. The van der Waals surface area contributed by atoms with Crippen molar-refractivity contribution in [2.45, 2.75) is 19.8 Å². The van der Waals surface area contributed by atoms with Crippen molar-refractivity contribution in [1.82, 2.24) is 4.98 Å². The second-order valence-corrected chi connectivity index (χ2v) is 4.72. The SMILES string of the molecule is CC(C)c1ccccc1NC(=O)c1cc([N+](=O)[O-])c[nH]1. The quantitative estimate of drug-likeness (QED) is 0.661. The normalized spacial score (nSPS) is 10.6. The van der Waals surface area contributed by atoms with Crippen LogP contribution in [0.5, 0.6) is 0 Å². The van der Waals surface area contributed by atoms with Gasteiger partial charge in [-0.05, 0) is 17.5 Å². The zero-order chi connectivity index (χ0) is 14.7. The summed E-state index contributed by atoms with van der Waals surface area (Å²) >= 11 is 0. The Morgan fingerprint density at radius 3 is 2.65 bits per heavy atom. The standard InChI is InChI=1S/C14H15N3O3/c1-9(2)11-5-3-4-6-12(11)16-14(18)13-7-10(8-15-13)17(19)20/h3-9,15H,1-2H3,(H,16,18). The van der Waals surface area contributed by atoms with Crippen molar-refractivity contribution in [1.29, 1.82) is 0 Å². The summed E-state index contributed by atoms with van der Waals surface area (Å²) in [4.78, 5) is 24.7. The first kappa shape index (κ1) is 13.8. The van der Waals surface area contributed by atoms with Gasteiger partial charge in [0, 0.05) is 11.8 Å². The van der Waals surface area contributed by atoms with Gasteiger partial charge in [0.25, 0.3) is 11.6 Å². The maximum atomic E-state index is 12.1. The molecule has 1 aromatic heterocycles. The maximum Gasteiger partial charge on any atom is 0.287 e. The van der Waals surface area contributed by atoms with Gasteiger partial charge in [-0.2, -0.15) is 0 Å². The van der Waals surface area contributed by atoms with Crippen molar-refractivity contribution < 1.29 is 9.72 Å². The molecule has 0 bridgehead atoms. The molecule has 20 heavy (non-hydrogen) atoms. The number of aromatic nitrogens is 1. The molecule has 2 N–H and O–H groups in total. The number of hydrogen-bond acceptors (Lipinski definition) is 3. The van der Waals surface area contributed by atoms with E-state index in [0.29, 0.717) is 5.69 Å². The molecular weight excluding hydrogens is 258 g/mol. The average molecular weight is 273 g/mol. The number of H-pyrrole nitrogens is 1. The molecule has 0 atom stereocenters. The highest BCUT2D eigenvalue weighted by molar-refractivity contribution is 6.03. The fraction of sp³-hybridized carbons (Fsp3) is 0.214. The molecule has 0 radical (unpaired) electrons. The Bertz CT molecular complexity index is 647. The Morgan fingerprint density at radius 1 is 1.35 bits per heavy atom. The van der Waals surface area contributed by atoms with Crippen LogP contribution in [0.15, 0.2) is 36.5 Å². The van der Waals surface area contributed by atoms with Crippen LogP contribution in [-0.2, 0) is 0 Å². The molecule has 2 aromatic rings. The smallest absolute Gasteiger partial charge is 0.287 e. The summed E-state index contributed by atoms with van der Waals surface area (Å²) < 4.78 is 0. The van der Waals surface area contributed by atoms with Crippen LogP contribution >= 0.6 is 0 Å². The van der Waals surface area contributed by atoms with E-state index >= 15 is 0 Å². The molecule has 0 aliphatic heterocycles. The molecule has 0 unspecified atom stereocenters. The Kier molecular flexibility index (Phi) is 3.84. The number of nitrogens with zero attached hydrogens (tertiary/aromatic N) is 1. The van der Waals surface area contributed by atoms with Gasteiger partial charge in [0.05, 0.1) is 11.1 Å². The van der Waals surface area contributed by atoms with E-state index in [9.17, 15) is 14.9 Å². The van der Waals surface area contributed by atoms with Crippen molar-refractivity contribution >= 4 is 17.3 Å². The van der Waals surface area contributed by atoms with Gasteiger partial charge in [0.2, 0.25) is 0 Å². The minimum Gasteiger partial charge on any atom is -0.351 e. The first-order chi connectivity index (χ1) is 9.49. The summed E-state index contributed by atoms with van der Waals surface area (Å²) in [6.45, 7) is 4.06. The number of nitrogens with one attached hydrogen (secondary N) is 2. The van der Waals surface area contributed by atoms with Crippen LogP contribution in [0.1, 0.15) is 35.8 Å². The molecule has 2 rings (SSSR count). The summed E-state index contributed by atoms with van der Waals surface area (Å²) in [6.07, 6.45) is 1.20. The van der Waals surface area contributed by atoms with E-state index in [1.807, 2.05) is 38.1 Å². The summed E-state index contributed by atoms with van der Waals surface area (Å²) in [5, 5.41) is 13.4. The van der Waals surface area contributed by atoms with E-state index in [2.05, 4.69) is 10.3 Å². The number of carbonyl (C=O) groups excluding carboxylic acids is 1. The van der Waals surface area contributed by atoms with E-state index in [-0.39, 0.29) is 17.3 Å². The van der Waals surface area contributed by atoms with Crippen LogP contribution in [0.2, 0.25) is 0 Å². The largest absolute Gasteiger partial charge is 0.351 e. The van der Waals surface area contributed by atoms with Crippen molar-refractivity contribution in [3.8, 4) is 0 Å². The van der Waals surface area contributed by atoms with Crippen molar-refractivity contribution in [3.63, 3.8) is 0 Å². The maximum absolute atomic E-state index is 12.1. The summed E-state index contributed by atoms with van der Waals surface area (Å²) in [6, 6.07) is 8.71. The first-order valence-corrected chi connectivity index (χ1v) is 6.22. The number of amides is 1. The highest BCUT2D eigenvalue weighted by atomic mass is 16.6. The molecule has 1 aromatic carbocycles. The lowest BCUT2D eigenvalue weighted by Gasteiger charge is -2.12. The molecule has 0 saturated heterocycles. The summed E-state index contributed by atoms with van der Waals surface area (Å²) in [5.74, 6) is -0.129. The van der Waals surface area contributed by atoms with Crippen molar-refractivity contribution in [2.75, 3.05) is 5.32 Å². The van der Waals surface area contributed by atoms with Crippen molar-refractivity contribution in [3.05, 3.63) is 57.9 Å². The van der Waals surface area contributed by atoms with Gasteiger partial charge in [-0.1, -0.05) is 32.0 Å². The number of hydrogen-bond donors (Lipinski definition) is 2. The van der Waals surface area contributed by atoms with Crippen LogP contribution < -0.4 is 5.32 Å². The van der Waals surface area contributed by atoms with Crippen molar-refractivity contribution in [2.24, 2.45) is 0 Å². The fourth-order valence-corrected chi connectivity index (χ4v) is 1.92. The average Bonchev–Trinajstić information content (AvgIpc) is 2.89. The monoisotopic (exact) mass is 273 g/mol. The number of rotatable bonds is 4. The Balaban J connectivity index is 2.21. The molecule has 0 saturated carbocycles. The summed E-state index contributed by atoms with van der Waals surface area (Å²) in [7, 11) is 0. The third-order valence-electron chi connectivity index (χ3n) is 2.95. The lowest BCUT2D eigenvalue weighted by molar-refractivity contribution is -0.384. The van der Waals surface area contributed by atoms with Gasteiger partial charge in [-0.25, -0.2) is 0 Å². The fourth-order valence-electron chi connectivity index (χ4n) is 1.92. The van der Waals surface area contributed by atoms with Crippen LogP contribution in [0.4, 0.5) is 11.4 Å². The molecule has 6 heteroatoms. The lowest BCUT2D eigenvalue weighted by Crippen LogP contribution is -2.13. The molecule has 0 aliphatic carbocycles. The first-order valence-electron chi connectivity index (χ1n) is 6.22. The third kappa shape index (κ3) is 2.85. The number of aromatic amines is 1. The van der Waals surface area contributed by atoms with Crippen LogP contribution in [0, 0.1) is 10.1 Å². The Morgan fingerprint density at radius 2 is 2.05 bits per heavy atom. The van der Waals surface area contributed by atoms with Gasteiger partial charge in [-0.15, -0.1) is 0 Å². The minimum atomic E-state index is -0.546. The predicted molar refractivity (Wildman–Crippen MR) is 75.9 cm³/mol. The Labute approximate surface area is 116 Å². The topological polar surface area (TPSA) is 88.0 Å². The molecule has 0 aliphatic rings. The number of nitro groups is 1. The summed E-state index contributed by atoms with van der Waals surface area (Å²) in [5.41, 5.74) is 1.76. The molecule has 1 amide bonds. The number of benzene rings is 1. The number of anilines is 1.